The van der Waals surface area contributed by atoms with Crippen molar-refractivity contribution in [1.82, 2.24) is 15.1 Å². The van der Waals surface area contributed by atoms with E-state index in [4.69, 9.17) is 0 Å². The van der Waals surface area contributed by atoms with Gasteiger partial charge in [0, 0.05) is 19.6 Å². The first-order valence-corrected chi connectivity index (χ1v) is 6.84. The van der Waals surface area contributed by atoms with E-state index in [0.29, 0.717) is 0 Å². The van der Waals surface area contributed by atoms with Crippen LogP contribution in [-0.4, -0.2) is 15.8 Å². The van der Waals surface area contributed by atoms with Crippen LogP contribution in [0.4, 0.5) is 0 Å². The van der Waals surface area contributed by atoms with E-state index in [0.717, 1.165) is 28.7 Å². The van der Waals surface area contributed by atoms with Crippen LogP contribution >= 0.6 is 15.9 Å². The number of nitrogens with zero attached hydrogens (tertiary/aromatic N) is 2. The number of nitrogens with one attached hydrogen (secondary N) is 1. The molecule has 0 spiro atoms. The van der Waals surface area contributed by atoms with Gasteiger partial charge in [-0.25, -0.2) is 0 Å². The minimum Gasteiger partial charge on any atom is -0.308 e. The van der Waals surface area contributed by atoms with Crippen LogP contribution in [0.15, 0.2) is 4.47 Å². The third-order valence-electron chi connectivity index (χ3n) is 3.38. The second-order valence-corrected chi connectivity index (χ2v) is 5.53. The summed E-state index contributed by atoms with van der Waals surface area (Å²) in [5.74, 6) is 0.915. The predicted octanol–water partition coefficient (Wildman–Crippen LogP) is 2.77. The Kier molecular flexibility index (Phi) is 3.70. The van der Waals surface area contributed by atoms with Crippen LogP contribution in [0.25, 0.3) is 0 Å². The van der Waals surface area contributed by atoms with Gasteiger partial charge in [0.25, 0.3) is 0 Å². The van der Waals surface area contributed by atoms with Gasteiger partial charge in [0.15, 0.2) is 0 Å². The fourth-order valence-corrected chi connectivity index (χ4v) is 2.76. The van der Waals surface area contributed by atoms with Crippen LogP contribution in [0.3, 0.4) is 0 Å². The van der Waals surface area contributed by atoms with Gasteiger partial charge in [-0.3, -0.25) is 4.68 Å². The van der Waals surface area contributed by atoms with Crippen molar-refractivity contribution in [3.63, 3.8) is 0 Å². The van der Waals surface area contributed by atoms with Crippen molar-refractivity contribution in [3.05, 3.63) is 15.9 Å². The molecule has 2 unspecified atom stereocenters. The Morgan fingerprint density at radius 2 is 2.31 bits per heavy atom. The smallest absolute Gasteiger partial charge is 0.0739 e. The summed E-state index contributed by atoms with van der Waals surface area (Å²) in [7, 11) is 2.01. The highest BCUT2D eigenvalue weighted by atomic mass is 79.9. The zero-order valence-corrected chi connectivity index (χ0v) is 11.8. The molecule has 0 radical (unpaired) electrons. The maximum atomic E-state index is 4.39. The highest BCUT2D eigenvalue weighted by Crippen LogP contribution is 2.35. The summed E-state index contributed by atoms with van der Waals surface area (Å²) in [6, 6.07) is 0.738. The summed E-state index contributed by atoms with van der Waals surface area (Å²) in [6.45, 7) is 5.21. The highest BCUT2D eigenvalue weighted by Gasteiger charge is 2.35. The molecule has 90 valence electrons. The first-order chi connectivity index (χ1) is 7.63. The fraction of sp³-hybridized carbons (Fsp3) is 0.750. The number of aryl methyl sites for hydroxylation is 2. The quantitative estimate of drug-likeness (QED) is 0.902. The van der Waals surface area contributed by atoms with E-state index < -0.39 is 0 Å². The molecule has 0 bridgehead atoms. The molecule has 1 fully saturated rings. The Labute approximate surface area is 106 Å². The molecule has 0 amide bonds. The van der Waals surface area contributed by atoms with Crippen molar-refractivity contribution in [2.75, 3.05) is 0 Å². The van der Waals surface area contributed by atoms with Gasteiger partial charge >= 0.3 is 0 Å². The Balaban J connectivity index is 1.86. The monoisotopic (exact) mass is 285 g/mol. The summed E-state index contributed by atoms with van der Waals surface area (Å²) < 4.78 is 3.11. The molecule has 0 saturated heterocycles. The van der Waals surface area contributed by atoms with Crippen molar-refractivity contribution in [3.8, 4) is 0 Å². The summed E-state index contributed by atoms with van der Waals surface area (Å²) in [6.07, 6.45) is 4.02. The van der Waals surface area contributed by atoms with E-state index in [2.05, 4.69) is 33.3 Å². The molecule has 2 rings (SSSR count). The number of halogens is 1. The Bertz CT molecular complexity index is 373. The van der Waals surface area contributed by atoms with Gasteiger partial charge in [-0.05, 0) is 41.6 Å². The molecule has 1 heterocycles. The molecule has 1 aromatic heterocycles. The maximum absolute atomic E-state index is 4.39. The molecule has 1 N–H and O–H groups in total. The lowest BCUT2D eigenvalue weighted by molar-refractivity contribution is 0.574. The lowest BCUT2D eigenvalue weighted by Crippen LogP contribution is -2.19. The summed E-state index contributed by atoms with van der Waals surface area (Å²) >= 11 is 3.59. The SMILES string of the molecule is CCCC1CC1NCc1c(Br)c(C)nn1C. The summed E-state index contributed by atoms with van der Waals surface area (Å²) in [4.78, 5) is 0. The number of hydrogen-bond acceptors (Lipinski definition) is 2. The zero-order valence-electron chi connectivity index (χ0n) is 10.3. The van der Waals surface area contributed by atoms with Gasteiger partial charge in [-0.1, -0.05) is 13.3 Å². The topological polar surface area (TPSA) is 29.9 Å². The zero-order chi connectivity index (χ0) is 11.7. The Morgan fingerprint density at radius 1 is 1.56 bits per heavy atom. The van der Waals surface area contributed by atoms with Crippen molar-refractivity contribution in [2.24, 2.45) is 13.0 Å². The molecule has 0 aromatic carbocycles. The highest BCUT2D eigenvalue weighted by molar-refractivity contribution is 9.10. The van der Waals surface area contributed by atoms with Crippen LogP contribution in [0.1, 0.15) is 37.6 Å². The standard InChI is InChI=1S/C12H20BrN3/c1-4-5-9-6-10(9)14-7-11-12(13)8(2)15-16(11)3/h9-10,14H,4-7H2,1-3H3. The largest absolute Gasteiger partial charge is 0.308 e. The van der Waals surface area contributed by atoms with Crippen molar-refractivity contribution < 1.29 is 0 Å². The summed E-state index contributed by atoms with van der Waals surface area (Å²) in [5, 5.41) is 8.01. The van der Waals surface area contributed by atoms with Crippen molar-refractivity contribution in [1.29, 1.82) is 0 Å². The molecular formula is C12H20BrN3. The fourth-order valence-electron chi connectivity index (χ4n) is 2.29. The molecule has 1 aromatic rings. The van der Waals surface area contributed by atoms with Gasteiger partial charge in [0.1, 0.15) is 0 Å². The molecule has 1 saturated carbocycles. The number of rotatable bonds is 5. The average molecular weight is 286 g/mol. The van der Waals surface area contributed by atoms with E-state index in [1.165, 1.54) is 25.0 Å². The van der Waals surface area contributed by atoms with Gasteiger partial charge in [0.2, 0.25) is 0 Å². The van der Waals surface area contributed by atoms with Crippen LogP contribution in [-0.2, 0) is 13.6 Å². The van der Waals surface area contributed by atoms with E-state index in [-0.39, 0.29) is 0 Å². The minimum atomic E-state index is 0.738. The van der Waals surface area contributed by atoms with Gasteiger partial charge < -0.3 is 5.32 Å². The Hall–Kier alpha value is -0.350. The first-order valence-electron chi connectivity index (χ1n) is 6.04. The van der Waals surface area contributed by atoms with Gasteiger partial charge in [-0.15, -0.1) is 0 Å². The van der Waals surface area contributed by atoms with E-state index in [1.54, 1.807) is 0 Å². The van der Waals surface area contributed by atoms with Crippen LogP contribution in [0.5, 0.6) is 0 Å². The average Bonchev–Trinajstić information content (AvgIpc) is 2.91. The third kappa shape index (κ3) is 2.48. The molecule has 1 aliphatic carbocycles. The van der Waals surface area contributed by atoms with E-state index in [9.17, 15) is 0 Å². The summed E-state index contributed by atoms with van der Waals surface area (Å²) in [5.41, 5.74) is 2.32. The molecule has 4 heteroatoms. The van der Waals surface area contributed by atoms with Gasteiger partial charge in [0.05, 0.1) is 15.9 Å². The van der Waals surface area contributed by atoms with Crippen LogP contribution < -0.4 is 5.32 Å². The molecule has 2 atom stereocenters. The number of aromatic nitrogens is 2. The maximum Gasteiger partial charge on any atom is 0.0739 e. The van der Waals surface area contributed by atoms with E-state index >= 15 is 0 Å². The number of hydrogen-bond donors (Lipinski definition) is 1. The normalized spacial score (nSPS) is 23.8. The molecule has 1 aliphatic rings. The van der Waals surface area contributed by atoms with E-state index in [1.807, 2.05) is 18.7 Å². The molecule has 16 heavy (non-hydrogen) atoms. The molecule has 0 aliphatic heterocycles. The van der Waals surface area contributed by atoms with Crippen molar-refractivity contribution >= 4 is 15.9 Å². The van der Waals surface area contributed by atoms with Crippen LogP contribution in [0.2, 0.25) is 0 Å². The van der Waals surface area contributed by atoms with Crippen molar-refractivity contribution in [2.45, 2.75) is 45.7 Å². The van der Waals surface area contributed by atoms with Crippen LogP contribution in [0, 0.1) is 12.8 Å². The lowest BCUT2D eigenvalue weighted by Gasteiger charge is -2.05. The van der Waals surface area contributed by atoms with Gasteiger partial charge in [-0.2, -0.15) is 5.10 Å². The molecular weight excluding hydrogens is 266 g/mol. The second-order valence-electron chi connectivity index (χ2n) is 4.74. The third-order valence-corrected chi connectivity index (χ3v) is 4.41. The minimum absolute atomic E-state index is 0.738. The first kappa shape index (κ1) is 12.1. The second kappa shape index (κ2) is 4.88. The lowest BCUT2D eigenvalue weighted by atomic mass is 10.2. The molecule has 3 nitrogen and oxygen atoms in total. The predicted molar refractivity (Wildman–Crippen MR) is 69.3 cm³/mol. The Morgan fingerprint density at radius 3 is 2.88 bits per heavy atom.